The van der Waals surface area contributed by atoms with E-state index >= 15 is 0 Å². The van der Waals surface area contributed by atoms with Crippen LogP contribution in [-0.4, -0.2) is 41.8 Å². The largest absolute Gasteiger partial charge is 0.482 e. The number of hydrogen-bond donors (Lipinski definition) is 1. The smallest absolute Gasteiger partial charge is 0.213 e. The van der Waals surface area contributed by atoms with E-state index in [-0.39, 0.29) is 17.3 Å². The van der Waals surface area contributed by atoms with Gasteiger partial charge in [0, 0.05) is 27.5 Å². The molecule has 22 heavy (non-hydrogen) atoms. The Hall–Kier alpha value is -1.59. The van der Waals surface area contributed by atoms with Crippen molar-refractivity contribution < 1.29 is 19.3 Å². The molecule has 0 radical (unpaired) electrons. The van der Waals surface area contributed by atoms with Gasteiger partial charge in [-0.15, -0.1) is 0 Å². The number of hydrogen-bond acceptors (Lipinski definition) is 4. The molecule has 4 aliphatic rings. The highest BCUT2D eigenvalue weighted by Crippen LogP contribution is 2.62. The van der Waals surface area contributed by atoms with Gasteiger partial charge in [0.25, 0.3) is 0 Å². The highest BCUT2D eigenvalue weighted by Gasteiger charge is 2.64. The Bertz CT molecular complexity index is 691. The van der Waals surface area contributed by atoms with Crippen molar-refractivity contribution in [3.05, 3.63) is 35.4 Å². The Labute approximate surface area is 128 Å². The van der Waals surface area contributed by atoms with Crippen LogP contribution in [0.15, 0.2) is 24.3 Å². The van der Waals surface area contributed by atoms with E-state index < -0.39 is 6.10 Å². The molecule has 0 saturated carbocycles. The van der Waals surface area contributed by atoms with E-state index in [2.05, 4.69) is 23.0 Å². The fourth-order valence-electron chi connectivity index (χ4n) is 5.29. The molecule has 5 heteroatoms. The van der Waals surface area contributed by atoms with E-state index in [4.69, 9.17) is 4.74 Å². The first-order valence-electron chi connectivity index (χ1n) is 7.85. The van der Waals surface area contributed by atoms with Gasteiger partial charge < -0.3 is 14.7 Å². The van der Waals surface area contributed by atoms with Gasteiger partial charge >= 0.3 is 0 Å². The lowest BCUT2D eigenvalue weighted by Crippen LogP contribution is -2.64. The van der Waals surface area contributed by atoms with Crippen LogP contribution < -0.4 is 9.68 Å². The van der Waals surface area contributed by atoms with E-state index in [0.717, 1.165) is 24.9 Å². The molecular weight excluding hydrogens is 285 g/mol. The van der Waals surface area contributed by atoms with Crippen molar-refractivity contribution in [3.63, 3.8) is 0 Å². The summed E-state index contributed by atoms with van der Waals surface area (Å²) in [5.41, 5.74) is 2.03. The van der Waals surface area contributed by atoms with Crippen LogP contribution in [0.3, 0.4) is 0 Å². The third-order valence-corrected chi connectivity index (χ3v) is 6.22. The summed E-state index contributed by atoms with van der Waals surface area (Å²) < 4.78 is 19.0. The lowest BCUT2D eigenvalue weighted by Gasteiger charge is -2.56. The van der Waals surface area contributed by atoms with Gasteiger partial charge in [-0.3, -0.25) is 4.94 Å². The summed E-state index contributed by atoms with van der Waals surface area (Å²) in [6.45, 7) is 0.960. The summed E-state index contributed by atoms with van der Waals surface area (Å²) in [6.07, 6.45) is 4.81. The van der Waals surface area contributed by atoms with E-state index in [1.165, 1.54) is 5.56 Å². The first-order valence-corrected chi connectivity index (χ1v) is 7.85. The van der Waals surface area contributed by atoms with Crippen LogP contribution in [-0.2, 0) is 11.8 Å². The lowest BCUT2D eigenvalue weighted by molar-refractivity contribution is -0.0482. The molecule has 1 spiro atoms. The summed E-state index contributed by atoms with van der Waals surface area (Å²) in [7, 11) is 2.16. The number of benzene rings is 1. The van der Waals surface area contributed by atoms with Crippen molar-refractivity contribution >= 4 is 0 Å². The second kappa shape index (κ2) is 4.03. The maximum absolute atomic E-state index is 12.9. The van der Waals surface area contributed by atoms with Crippen LogP contribution in [0.1, 0.15) is 17.5 Å². The average molecular weight is 303 g/mol. The van der Waals surface area contributed by atoms with Crippen LogP contribution in [0.25, 0.3) is 0 Å². The second-order valence-electron chi connectivity index (χ2n) is 6.99. The Morgan fingerprint density at radius 2 is 2.27 bits per heavy atom. The van der Waals surface area contributed by atoms with Gasteiger partial charge in [-0.05, 0) is 38.1 Å². The predicted molar refractivity (Wildman–Crippen MR) is 77.6 cm³/mol. The highest BCUT2D eigenvalue weighted by atomic mass is 19.3. The summed E-state index contributed by atoms with van der Waals surface area (Å²) >= 11 is 0. The van der Waals surface area contributed by atoms with E-state index in [1.807, 2.05) is 12.1 Å². The zero-order chi connectivity index (χ0) is 15.1. The van der Waals surface area contributed by atoms with Crippen molar-refractivity contribution in [2.75, 3.05) is 13.6 Å². The number of rotatable bonds is 1. The number of aliphatic hydroxyl groups is 1. The van der Waals surface area contributed by atoms with Gasteiger partial charge in [-0.1, -0.05) is 18.2 Å². The Balaban J connectivity index is 1.82. The van der Waals surface area contributed by atoms with Gasteiger partial charge in [0.2, 0.25) is 5.75 Å². The number of halogens is 1. The number of aliphatic hydroxyl groups excluding tert-OH is 1. The molecule has 1 aromatic carbocycles. The molecule has 1 fully saturated rings. The molecule has 2 heterocycles. The first-order chi connectivity index (χ1) is 10.7. The quantitative estimate of drug-likeness (QED) is 0.803. The average Bonchev–Trinajstić information content (AvgIpc) is 2.88. The molecule has 0 unspecified atom stereocenters. The van der Waals surface area contributed by atoms with Crippen molar-refractivity contribution in [1.82, 2.24) is 4.90 Å². The van der Waals surface area contributed by atoms with Crippen molar-refractivity contribution in [3.8, 4) is 11.5 Å². The topological polar surface area (TPSA) is 41.9 Å². The normalized spacial score (nSPS) is 41.0. The zero-order valence-corrected chi connectivity index (χ0v) is 12.3. The fraction of sp³-hybridized carbons (Fsp3) is 0.529. The van der Waals surface area contributed by atoms with Gasteiger partial charge in [0.05, 0.1) is 0 Å². The van der Waals surface area contributed by atoms with Gasteiger partial charge in [0.15, 0.2) is 5.75 Å². The lowest BCUT2D eigenvalue weighted by atomic mass is 9.53. The third kappa shape index (κ3) is 1.27. The van der Waals surface area contributed by atoms with E-state index in [0.29, 0.717) is 17.7 Å². The molecule has 2 aliphatic heterocycles. The Morgan fingerprint density at radius 1 is 1.41 bits per heavy atom. The molecular formula is C17H18FNO3. The first kappa shape index (κ1) is 12.9. The van der Waals surface area contributed by atoms with Crippen LogP contribution in [0.2, 0.25) is 0 Å². The van der Waals surface area contributed by atoms with Crippen LogP contribution >= 0.6 is 0 Å². The SMILES string of the molecule is CN1CC[C@]23c4c5ccc(OF)c4O[C@H]2[C@@H](O)C=C[C@H]3[C@H]1C5. The molecule has 5 rings (SSSR count). The maximum Gasteiger partial charge on any atom is 0.213 e. The molecule has 1 N–H and O–H groups in total. The van der Waals surface area contributed by atoms with Crippen LogP contribution in [0.4, 0.5) is 4.53 Å². The number of piperidine rings is 1. The molecule has 5 atom stereocenters. The number of likely N-dealkylation sites (tertiary alicyclic amines) is 1. The molecule has 0 amide bonds. The zero-order valence-electron chi connectivity index (χ0n) is 12.3. The Morgan fingerprint density at radius 3 is 3.09 bits per heavy atom. The maximum atomic E-state index is 12.9. The van der Waals surface area contributed by atoms with E-state index in [1.54, 1.807) is 6.07 Å². The number of ether oxygens (including phenoxy) is 1. The molecule has 1 aromatic rings. The highest BCUT2D eigenvalue weighted by molar-refractivity contribution is 5.62. The predicted octanol–water partition coefficient (Wildman–Crippen LogP) is 1.76. The second-order valence-corrected chi connectivity index (χ2v) is 6.99. The monoisotopic (exact) mass is 303 g/mol. The van der Waals surface area contributed by atoms with Crippen molar-refractivity contribution in [2.24, 2.45) is 5.92 Å². The molecule has 116 valence electrons. The summed E-state index contributed by atoms with van der Waals surface area (Å²) in [5, 5.41) is 10.5. The Kier molecular flexibility index (Phi) is 2.36. The van der Waals surface area contributed by atoms with Crippen LogP contribution in [0.5, 0.6) is 11.5 Å². The summed E-state index contributed by atoms with van der Waals surface area (Å²) in [5.74, 6) is 0.926. The van der Waals surface area contributed by atoms with Crippen molar-refractivity contribution in [2.45, 2.75) is 36.5 Å². The van der Waals surface area contributed by atoms with Crippen molar-refractivity contribution in [1.29, 1.82) is 0 Å². The van der Waals surface area contributed by atoms with E-state index in [9.17, 15) is 9.63 Å². The minimum absolute atomic E-state index is 0.130. The number of nitrogens with zero attached hydrogens (tertiary/aromatic N) is 1. The van der Waals surface area contributed by atoms with Crippen LogP contribution in [0, 0.1) is 5.92 Å². The third-order valence-electron chi connectivity index (χ3n) is 6.22. The number of likely N-dealkylation sites (N-methyl/N-ethyl adjacent to an activating group) is 1. The fourth-order valence-corrected chi connectivity index (χ4v) is 5.29. The molecule has 0 aromatic heterocycles. The molecule has 4 nitrogen and oxygen atoms in total. The van der Waals surface area contributed by atoms with Gasteiger partial charge in [-0.25, -0.2) is 0 Å². The minimum atomic E-state index is -0.661. The molecule has 2 aliphatic carbocycles. The molecule has 1 saturated heterocycles. The van der Waals surface area contributed by atoms with Gasteiger partial charge in [-0.2, -0.15) is 0 Å². The minimum Gasteiger partial charge on any atom is -0.482 e. The summed E-state index contributed by atoms with van der Waals surface area (Å²) in [6, 6.07) is 3.99. The van der Waals surface area contributed by atoms with Gasteiger partial charge in [0.1, 0.15) is 12.2 Å². The standard InChI is InChI=1S/C17H18FNO3/c1-19-7-6-17-10-3-4-12(20)16(17)21-15-13(22-18)5-2-9(14(15)17)8-11(10)19/h2-5,10-12,16,20H,6-8H2,1H3/t10-,11+,12-,16-,17-/m0/s1. The summed E-state index contributed by atoms with van der Waals surface area (Å²) in [4.78, 5) is 6.43. The molecule has 2 bridgehead atoms.